The third-order valence-corrected chi connectivity index (χ3v) is 4.75. The topological polar surface area (TPSA) is 108 Å². The highest BCUT2D eigenvalue weighted by atomic mass is 35.5. The largest absolute Gasteiger partial charge is 0.309 e. The van der Waals surface area contributed by atoms with Gasteiger partial charge in [-0.1, -0.05) is 29.3 Å². The van der Waals surface area contributed by atoms with Crippen LogP contribution >= 0.6 is 23.2 Å². The van der Waals surface area contributed by atoms with Gasteiger partial charge in [-0.05, 0) is 26.0 Å². The van der Waals surface area contributed by atoms with Gasteiger partial charge in [0, 0.05) is 27.4 Å². The highest BCUT2D eigenvalue weighted by Crippen LogP contribution is 2.25. The van der Waals surface area contributed by atoms with Crippen LogP contribution in [0.3, 0.4) is 0 Å². The summed E-state index contributed by atoms with van der Waals surface area (Å²) in [5, 5.41) is 22.9. The van der Waals surface area contributed by atoms with E-state index >= 15 is 0 Å². The van der Waals surface area contributed by atoms with Crippen molar-refractivity contribution >= 4 is 40.6 Å². The first-order valence-corrected chi connectivity index (χ1v) is 8.96. The standard InChI is InChI=1S/C17H16Cl2N6O3/c1-10-6-16(22-24(10)7-12-13(18)4-3-5-14(12)19)20-17(26)9-23-8-15(25(27)28)11(2)21-23/h3-6,8H,7,9H2,1-2H3,(H,20,22,26). The third kappa shape index (κ3) is 4.32. The quantitative estimate of drug-likeness (QED) is 0.482. The molecule has 0 unspecified atom stereocenters. The highest BCUT2D eigenvalue weighted by molar-refractivity contribution is 6.35. The van der Waals surface area contributed by atoms with Crippen molar-refractivity contribution in [3.63, 3.8) is 0 Å². The van der Waals surface area contributed by atoms with E-state index < -0.39 is 10.8 Å². The minimum absolute atomic E-state index is 0.135. The molecule has 146 valence electrons. The number of rotatable bonds is 6. The Kier molecular flexibility index (Phi) is 5.66. The number of aromatic nitrogens is 4. The molecule has 9 nitrogen and oxygen atoms in total. The second kappa shape index (κ2) is 7.99. The second-order valence-electron chi connectivity index (χ2n) is 6.13. The predicted molar refractivity (Wildman–Crippen MR) is 105 cm³/mol. The number of nitrogens with one attached hydrogen (secondary N) is 1. The van der Waals surface area contributed by atoms with E-state index in [4.69, 9.17) is 23.2 Å². The van der Waals surface area contributed by atoms with E-state index in [0.717, 1.165) is 11.3 Å². The van der Waals surface area contributed by atoms with Gasteiger partial charge in [0.1, 0.15) is 18.4 Å². The van der Waals surface area contributed by atoms with Crippen LogP contribution in [0.25, 0.3) is 0 Å². The van der Waals surface area contributed by atoms with Crippen molar-refractivity contribution in [3.8, 4) is 0 Å². The van der Waals surface area contributed by atoms with E-state index in [2.05, 4.69) is 15.5 Å². The fraction of sp³-hybridized carbons (Fsp3) is 0.235. The van der Waals surface area contributed by atoms with Gasteiger partial charge in [-0.25, -0.2) is 0 Å². The van der Waals surface area contributed by atoms with E-state index in [1.54, 1.807) is 28.9 Å². The Morgan fingerprint density at radius 2 is 1.93 bits per heavy atom. The van der Waals surface area contributed by atoms with Crippen molar-refractivity contribution in [2.24, 2.45) is 0 Å². The van der Waals surface area contributed by atoms with Crippen LogP contribution in [0.15, 0.2) is 30.5 Å². The van der Waals surface area contributed by atoms with Crippen molar-refractivity contribution in [3.05, 3.63) is 67.6 Å². The van der Waals surface area contributed by atoms with Gasteiger partial charge >= 0.3 is 5.69 Å². The van der Waals surface area contributed by atoms with Crippen molar-refractivity contribution in [1.29, 1.82) is 0 Å². The summed E-state index contributed by atoms with van der Waals surface area (Å²) in [4.78, 5) is 22.6. The first-order valence-electron chi connectivity index (χ1n) is 8.20. The smallest absolute Gasteiger partial charge is 0.308 e. The van der Waals surface area contributed by atoms with Crippen LogP contribution in [0.4, 0.5) is 11.5 Å². The molecular formula is C17H16Cl2N6O3. The van der Waals surface area contributed by atoms with Crippen LogP contribution in [0.1, 0.15) is 17.0 Å². The van der Waals surface area contributed by atoms with Crippen LogP contribution in [-0.2, 0) is 17.9 Å². The van der Waals surface area contributed by atoms with E-state index in [1.165, 1.54) is 17.8 Å². The molecule has 0 saturated carbocycles. The Balaban J connectivity index is 1.70. The van der Waals surface area contributed by atoms with E-state index in [1.807, 2.05) is 6.92 Å². The molecular weight excluding hydrogens is 407 g/mol. The Hall–Kier alpha value is -2.91. The first-order chi connectivity index (χ1) is 13.2. The highest BCUT2D eigenvalue weighted by Gasteiger charge is 2.17. The van der Waals surface area contributed by atoms with Gasteiger partial charge in [-0.15, -0.1) is 0 Å². The Labute approximate surface area is 170 Å². The number of halogens is 2. The molecule has 0 bridgehead atoms. The summed E-state index contributed by atoms with van der Waals surface area (Å²) in [6, 6.07) is 6.96. The van der Waals surface area contributed by atoms with Gasteiger partial charge < -0.3 is 5.32 Å². The van der Waals surface area contributed by atoms with Gasteiger partial charge in [0.05, 0.1) is 11.5 Å². The fourth-order valence-corrected chi connectivity index (χ4v) is 3.18. The van der Waals surface area contributed by atoms with E-state index in [-0.39, 0.29) is 17.9 Å². The Bertz CT molecular complexity index is 1040. The van der Waals surface area contributed by atoms with Crippen LogP contribution in [0.5, 0.6) is 0 Å². The molecule has 28 heavy (non-hydrogen) atoms. The fourth-order valence-electron chi connectivity index (χ4n) is 2.66. The molecule has 1 amide bonds. The van der Waals surface area contributed by atoms with E-state index in [9.17, 15) is 14.9 Å². The van der Waals surface area contributed by atoms with Crippen molar-refractivity contribution < 1.29 is 9.72 Å². The molecule has 0 fully saturated rings. The second-order valence-corrected chi connectivity index (χ2v) is 6.95. The van der Waals surface area contributed by atoms with Crippen molar-refractivity contribution in [2.45, 2.75) is 26.9 Å². The Morgan fingerprint density at radius 1 is 1.25 bits per heavy atom. The molecule has 0 aliphatic rings. The normalized spacial score (nSPS) is 10.9. The summed E-state index contributed by atoms with van der Waals surface area (Å²) >= 11 is 12.4. The summed E-state index contributed by atoms with van der Waals surface area (Å²) in [6.07, 6.45) is 1.22. The molecule has 0 aliphatic heterocycles. The molecule has 3 aromatic rings. The molecule has 1 aromatic carbocycles. The molecule has 2 heterocycles. The van der Waals surface area contributed by atoms with Crippen LogP contribution in [0.2, 0.25) is 10.0 Å². The molecule has 1 N–H and O–H groups in total. The SMILES string of the molecule is Cc1nn(CC(=O)Nc2cc(C)n(Cc3c(Cl)cccc3Cl)n2)cc1[N+](=O)[O-]. The molecule has 0 saturated heterocycles. The monoisotopic (exact) mass is 422 g/mol. The first kappa shape index (κ1) is 19.8. The number of carbonyl (C=O) groups is 1. The number of nitrogens with zero attached hydrogens (tertiary/aromatic N) is 5. The summed E-state index contributed by atoms with van der Waals surface area (Å²) in [5.74, 6) is -0.0538. The summed E-state index contributed by atoms with van der Waals surface area (Å²) < 4.78 is 2.89. The molecule has 0 spiro atoms. The van der Waals surface area contributed by atoms with Crippen molar-refractivity contribution in [1.82, 2.24) is 19.6 Å². The lowest BCUT2D eigenvalue weighted by Gasteiger charge is -2.08. The lowest BCUT2D eigenvalue weighted by atomic mass is 10.2. The van der Waals surface area contributed by atoms with Gasteiger partial charge in [0.2, 0.25) is 5.91 Å². The zero-order chi connectivity index (χ0) is 20.4. The number of anilines is 1. The zero-order valence-electron chi connectivity index (χ0n) is 15.0. The Morgan fingerprint density at radius 3 is 2.54 bits per heavy atom. The maximum absolute atomic E-state index is 12.2. The van der Waals surface area contributed by atoms with Crippen molar-refractivity contribution in [2.75, 3.05) is 5.32 Å². The van der Waals surface area contributed by atoms with Gasteiger partial charge in [-0.3, -0.25) is 24.3 Å². The number of aryl methyl sites for hydroxylation is 2. The van der Waals surface area contributed by atoms with Crippen LogP contribution < -0.4 is 5.32 Å². The van der Waals surface area contributed by atoms with Gasteiger partial charge in [-0.2, -0.15) is 10.2 Å². The number of nitro groups is 1. The molecule has 0 radical (unpaired) electrons. The molecule has 11 heteroatoms. The molecule has 2 aromatic heterocycles. The predicted octanol–water partition coefficient (Wildman–Crippen LogP) is 3.60. The number of benzene rings is 1. The lowest BCUT2D eigenvalue weighted by Crippen LogP contribution is -2.19. The number of hydrogen-bond donors (Lipinski definition) is 1. The number of carbonyl (C=O) groups excluding carboxylic acids is 1. The van der Waals surface area contributed by atoms with Gasteiger partial charge in [0.15, 0.2) is 5.82 Å². The van der Waals surface area contributed by atoms with Crippen LogP contribution in [-0.4, -0.2) is 30.4 Å². The summed E-state index contributed by atoms with van der Waals surface area (Å²) in [5.41, 5.74) is 1.64. The summed E-state index contributed by atoms with van der Waals surface area (Å²) in [6.45, 7) is 3.53. The van der Waals surface area contributed by atoms with Crippen LogP contribution in [0, 0.1) is 24.0 Å². The zero-order valence-corrected chi connectivity index (χ0v) is 16.5. The maximum atomic E-state index is 12.2. The minimum atomic E-state index is -0.540. The summed E-state index contributed by atoms with van der Waals surface area (Å²) in [7, 11) is 0. The molecule has 0 aliphatic carbocycles. The van der Waals surface area contributed by atoms with E-state index in [0.29, 0.717) is 22.4 Å². The maximum Gasteiger partial charge on any atom is 0.309 e. The number of amides is 1. The average molecular weight is 423 g/mol. The minimum Gasteiger partial charge on any atom is -0.308 e. The van der Waals surface area contributed by atoms with Gasteiger partial charge in [0.25, 0.3) is 0 Å². The number of hydrogen-bond acceptors (Lipinski definition) is 5. The molecule has 0 atom stereocenters. The average Bonchev–Trinajstić information content (AvgIpc) is 3.13. The third-order valence-electron chi connectivity index (χ3n) is 4.04. The lowest BCUT2D eigenvalue weighted by molar-refractivity contribution is -0.385. The molecule has 3 rings (SSSR count).